The summed E-state index contributed by atoms with van der Waals surface area (Å²) in [7, 11) is -3.25. The van der Waals surface area contributed by atoms with E-state index in [4.69, 9.17) is 54.9 Å². The second kappa shape index (κ2) is 55.1. The maximum Gasteiger partial charge on any atom is 1.00 e. The van der Waals surface area contributed by atoms with Crippen LogP contribution >= 0.6 is 66.5 Å². The molecule has 0 saturated carbocycles. The molecule has 2 N–H and O–H groups in total. The Morgan fingerprint density at radius 3 is 0.818 bits per heavy atom. The van der Waals surface area contributed by atoms with Crippen molar-refractivity contribution in [2.45, 2.75) is 0 Å². The average molecular weight is 1820 g/mol. The number of fused-ring (bicyclic) bond motifs is 2. The monoisotopic (exact) mass is 1820 g/mol. The minimum atomic E-state index is -1.46. The standard InChI is InChI=1S/4C18H15P.C15H10ClN.C9H6ClN.C6H5BClO2.CH2O3.2Na.Pd.H/c4*1-4-10-16(11-5-1)19(17-12-6-2-7-13-17)18-14-8-3-9-15-18;16-13-6-3-5-12(10-13)15-9-8-11-4-1-2-7-14(11)17-15;10-9-6-5-7-3-1-2-4-8(7)11-9;8-6-3-1-2-5(4-6)7(9)10;2-1-4-3;;;;/h4*1-15H;1-10H;1-6H;2-4,9-10H;1,3H;;;;/q;;;;;;+1;;2*+1;;-1/p-1. The van der Waals surface area contributed by atoms with Crippen LogP contribution in [-0.2, 0) is 30.1 Å². The number of carbonyl (C=O) groups is 1. The first kappa shape index (κ1) is 97.4. The van der Waals surface area contributed by atoms with E-state index in [1.54, 1.807) is 12.1 Å². The molecule has 0 aliphatic heterocycles. The molecule has 18 rings (SSSR count). The molecule has 0 spiro atoms. The number of para-hydroxylation sites is 2. The smallest absolute Gasteiger partial charge is 1.00 e. The van der Waals surface area contributed by atoms with E-state index in [-0.39, 0.29) is 87.4 Å². The van der Waals surface area contributed by atoms with Crippen molar-refractivity contribution in [1.82, 2.24) is 9.97 Å². The zero-order chi connectivity index (χ0) is 82.0. The van der Waals surface area contributed by atoms with Crippen LogP contribution in [0.1, 0.15) is 1.43 Å². The molecular formula is C103H83BCl3N2Na2O5P4Pd+. The summed E-state index contributed by atoms with van der Waals surface area (Å²) in [6.07, 6.45) is 7.15. The number of allylic oxidation sites excluding steroid dienone is 6. The zero-order valence-electron chi connectivity index (χ0n) is 67.5. The molecule has 1 aliphatic rings. The van der Waals surface area contributed by atoms with Crippen molar-refractivity contribution < 1.29 is 106 Å². The number of carbonyl (C=O) groups excluding carboxylic acids is 1. The van der Waals surface area contributed by atoms with Crippen LogP contribution < -0.4 is 128 Å². The predicted octanol–water partition coefficient (Wildman–Crippen LogP) is 14.2. The quantitative estimate of drug-likeness (QED) is 0.0200. The van der Waals surface area contributed by atoms with Crippen molar-refractivity contribution in [3.8, 4) is 11.3 Å². The Morgan fingerprint density at radius 1 is 0.331 bits per heavy atom. The molecule has 0 atom stereocenters. The van der Waals surface area contributed by atoms with Crippen LogP contribution in [0.5, 0.6) is 0 Å². The summed E-state index contributed by atoms with van der Waals surface area (Å²) in [5.41, 5.74) is 4.30. The third kappa shape index (κ3) is 31.6. The van der Waals surface area contributed by atoms with Gasteiger partial charge in [-0.3, -0.25) is 4.79 Å². The number of hydrogen-bond acceptors (Lipinski definition) is 7. The van der Waals surface area contributed by atoms with Crippen LogP contribution in [0, 0.1) is 6.08 Å². The van der Waals surface area contributed by atoms with Crippen LogP contribution in [0.2, 0.25) is 10.2 Å². The molecular weight excluding hydrogens is 1740 g/mol. The Hall–Kier alpha value is -9.08. The van der Waals surface area contributed by atoms with Crippen LogP contribution in [0.4, 0.5) is 0 Å². The third-order valence-corrected chi connectivity index (χ3v) is 28.0. The Morgan fingerprint density at radius 2 is 0.579 bits per heavy atom. The van der Waals surface area contributed by atoms with Gasteiger partial charge < -0.3 is 21.6 Å². The molecule has 15 aromatic carbocycles. The van der Waals surface area contributed by atoms with Crippen LogP contribution in [0.3, 0.4) is 0 Å². The fourth-order valence-electron chi connectivity index (χ4n) is 12.2. The number of pyridine rings is 2. The van der Waals surface area contributed by atoms with Crippen molar-refractivity contribution in [2.24, 2.45) is 0 Å². The Balaban J connectivity index is 0.000000195. The molecule has 17 aromatic rings. The normalized spacial score (nSPS) is 10.5. The van der Waals surface area contributed by atoms with Crippen LogP contribution in [0.25, 0.3) is 33.1 Å². The molecule has 0 unspecified atom stereocenters. The third-order valence-electron chi connectivity index (χ3n) is 17.6. The molecule has 2 heterocycles. The summed E-state index contributed by atoms with van der Waals surface area (Å²) in [5, 5.41) is 46.5. The number of halogens is 3. The summed E-state index contributed by atoms with van der Waals surface area (Å²) in [6, 6.07) is 161. The van der Waals surface area contributed by atoms with E-state index in [2.05, 4.69) is 397 Å². The fraction of sp³-hybridized carbons (Fsp3) is 0. The molecule has 590 valence electrons. The maximum absolute atomic E-state index is 8.64. The average Bonchev–Trinajstić information content (AvgIpc) is 0.839. The molecule has 121 heavy (non-hydrogen) atoms. The molecule has 7 nitrogen and oxygen atoms in total. The van der Waals surface area contributed by atoms with Gasteiger partial charge in [-0.2, -0.15) is 0 Å². The predicted molar refractivity (Wildman–Crippen MR) is 508 cm³/mol. The van der Waals surface area contributed by atoms with Crippen molar-refractivity contribution >= 4 is 166 Å². The van der Waals surface area contributed by atoms with Crippen molar-refractivity contribution in [3.63, 3.8) is 0 Å². The number of aromatic nitrogens is 2. The van der Waals surface area contributed by atoms with E-state index in [9.17, 15) is 0 Å². The Kier molecular flexibility index (Phi) is 44.4. The van der Waals surface area contributed by atoms with E-state index in [1.807, 2.05) is 78.9 Å². The summed E-state index contributed by atoms with van der Waals surface area (Å²) in [5.74, 6) is 0. The van der Waals surface area contributed by atoms with Gasteiger partial charge in [-0.05, 0) is 138 Å². The number of rotatable bonds is 15. The molecule has 0 saturated heterocycles. The number of nitrogens with zero attached hydrogens (tertiary/aromatic N) is 2. The van der Waals surface area contributed by atoms with Crippen molar-refractivity contribution in [2.75, 3.05) is 0 Å². The Labute approximate surface area is 790 Å². The van der Waals surface area contributed by atoms with E-state index in [0.717, 1.165) is 38.1 Å². The molecule has 2 aromatic heterocycles. The molecule has 0 amide bonds. The van der Waals surface area contributed by atoms with Gasteiger partial charge in [-0.1, -0.05) is 442 Å². The van der Waals surface area contributed by atoms with Crippen molar-refractivity contribution in [3.05, 3.63) is 506 Å². The summed E-state index contributed by atoms with van der Waals surface area (Å²) < 4.78 is 0. The molecule has 0 bridgehead atoms. The first-order valence-electron chi connectivity index (χ1n) is 37.8. The zero-order valence-corrected chi connectivity index (χ0v) is 77.9. The van der Waals surface area contributed by atoms with Gasteiger partial charge in [0.05, 0.1) is 34.4 Å². The summed E-state index contributed by atoms with van der Waals surface area (Å²) in [6.45, 7) is -0.181. The van der Waals surface area contributed by atoms with Gasteiger partial charge in [0.2, 0.25) is 0 Å². The van der Waals surface area contributed by atoms with Crippen LogP contribution in [0.15, 0.2) is 490 Å². The topological polar surface area (TPSA) is 116 Å². The van der Waals surface area contributed by atoms with E-state index >= 15 is 0 Å². The second-order valence-corrected chi connectivity index (χ2v) is 35.8. The van der Waals surface area contributed by atoms with Crippen molar-refractivity contribution in [1.29, 1.82) is 0 Å². The Bertz CT molecular complexity index is 5030. The van der Waals surface area contributed by atoms with Gasteiger partial charge in [0.15, 0.2) is 5.03 Å². The number of hydrogen-bond donors (Lipinski definition) is 2. The molecule has 18 heteroatoms. The summed E-state index contributed by atoms with van der Waals surface area (Å²) in [4.78, 5) is 20.0. The molecule has 1 aliphatic carbocycles. The minimum absolute atomic E-state index is 0. The van der Waals surface area contributed by atoms with Gasteiger partial charge in [-0.15, -0.1) is 0 Å². The number of benzene rings is 15. The van der Waals surface area contributed by atoms with Gasteiger partial charge in [-0.25, -0.2) is 9.97 Å². The van der Waals surface area contributed by atoms with E-state index < -0.39 is 38.8 Å². The van der Waals surface area contributed by atoms with Gasteiger partial charge in [0.1, 0.15) is 11.2 Å². The SMILES string of the molecule is Clc1ccc2ccccc2n1.Clc1cccc(-c2ccc3ccccc3n2)c1.O=CO[O-].OB(O)C1=CC(Cl)=C[C+]=C1.[H-].[Na+].[Na+].[Pd].c1ccc(P(c2ccccc2)c2ccccc2)cc1.c1ccc(P(c2ccccc2)c2ccccc2)cc1.c1ccc(P(c2ccccc2)c2ccccc2)cc1.c1ccc(P(c2ccccc2)c2ccccc2)cc1. The maximum atomic E-state index is 8.64. The van der Waals surface area contributed by atoms with E-state index in [1.165, 1.54) is 75.8 Å². The van der Waals surface area contributed by atoms with E-state index in [0.29, 0.717) is 15.7 Å². The first-order valence-corrected chi connectivity index (χ1v) is 44.3. The van der Waals surface area contributed by atoms with Gasteiger partial charge >= 0.3 is 66.2 Å². The summed E-state index contributed by atoms with van der Waals surface area (Å²) >= 11 is 17.2. The minimum Gasteiger partial charge on any atom is -1.00 e. The van der Waals surface area contributed by atoms with Crippen LogP contribution in [-0.4, -0.2) is 33.6 Å². The second-order valence-electron chi connectivity index (χ2n) is 25.6. The first-order chi connectivity index (χ1) is 58.1. The molecule has 0 fully saturated rings. The van der Waals surface area contributed by atoms with Gasteiger partial charge in [0.25, 0.3) is 6.47 Å². The van der Waals surface area contributed by atoms with Gasteiger partial charge in [0, 0.05) is 59.5 Å². The molecule has 0 radical (unpaired) electrons. The fourth-order valence-corrected chi connectivity index (χ4v) is 22.0. The largest absolute Gasteiger partial charge is 1.00 e.